The highest BCUT2D eigenvalue weighted by Crippen LogP contribution is 2.21. The Morgan fingerprint density at radius 2 is 2.09 bits per heavy atom. The molecule has 0 bridgehead atoms. The lowest BCUT2D eigenvalue weighted by atomic mass is 10.2. The maximum Gasteiger partial charge on any atom is 0.289 e. The molecule has 0 aromatic carbocycles. The number of amides is 1. The van der Waals surface area contributed by atoms with Gasteiger partial charge in [0.1, 0.15) is 11.5 Å². The van der Waals surface area contributed by atoms with Gasteiger partial charge in [-0.05, 0) is 31.2 Å². The third kappa shape index (κ3) is 3.99. The van der Waals surface area contributed by atoms with E-state index in [9.17, 15) is 13.2 Å². The molecule has 8 heteroatoms. The molecule has 2 aromatic rings. The fourth-order valence-electron chi connectivity index (χ4n) is 1.86. The highest BCUT2D eigenvalue weighted by atomic mass is 32.2. The number of sulfonamides is 1. The van der Waals surface area contributed by atoms with Crippen LogP contribution in [0, 0.1) is 0 Å². The van der Waals surface area contributed by atoms with Crippen molar-refractivity contribution in [3.63, 3.8) is 0 Å². The molecule has 0 spiro atoms. The van der Waals surface area contributed by atoms with Crippen molar-refractivity contribution in [3.05, 3.63) is 47.8 Å². The molecule has 0 saturated carbocycles. The van der Waals surface area contributed by atoms with Gasteiger partial charge >= 0.3 is 0 Å². The standard InChI is InChI=1S/C14H18N2O5S/c1-10(12-5-4-8-20-12)16(2)14(17)13-7-6-11(21-13)9-15-22(3,18)19/h4-8,10,15H,9H2,1-3H3. The second-order valence-corrected chi connectivity index (χ2v) is 6.80. The molecule has 0 aliphatic rings. The van der Waals surface area contributed by atoms with Crippen molar-refractivity contribution in [1.29, 1.82) is 0 Å². The van der Waals surface area contributed by atoms with E-state index in [0.29, 0.717) is 11.5 Å². The predicted molar refractivity (Wildman–Crippen MR) is 79.6 cm³/mol. The lowest BCUT2D eigenvalue weighted by Crippen LogP contribution is -2.29. The van der Waals surface area contributed by atoms with Gasteiger partial charge in [-0.25, -0.2) is 13.1 Å². The number of carbonyl (C=O) groups excluding carboxylic acids is 1. The van der Waals surface area contributed by atoms with E-state index < -0.39 is 10.0 Å². The third-order valence-electron chi connectivity index (χ3n) is 3.24. The Balaban J connectivity index is 2.05. The topological polar surface area (TPSA) is 92.8 Å². The van der Waals surface area contributed by atoms with Crippen LogP contribution in [0.2, 0.25) is 0 Å². The van der Waals surface area contributed by atoms with E-state index in [1.54, 1.807) is 31.5 Å². The molecule has 2 rings (SSSR count). The minimum atomic E-state index is -3.31. The first-order valence-corrected chi connectivity index (χ1v) is 8.51. The average Bonchev–Trinajstić information content (AvgIpc) is 3.13. The predicted octanol–water partition coefficient (Wildman–Crippen LogP) is 1.76. The Morgan fingerprint density at radius 3 is 2.68 bits per heavy atom. The first-order valence-electron chi connectivity index (χ1n) is 6.62. The third-order valence-corrected chi connectivity index (χ3v) is 3.91. The van der Waals surface area contributed by atoms with Gasteiger partial charge in [0.05, 0.1) is 25.1 Å². The Morgan fingerprint density at radius 1 is 1.36 bits per heavy atom. The van der Waals surface area contributed by atoms with Gasteiger partial charge in [0.15, 0.2) is 5.76 Å². The summed E-state index contributed by atoms with van der Waals surface area (Å²) in [6.45, 7) is 1.84. The van der Waals surface area contributed by atoms with Gasteiger partial charge < -0.3 is 13.7 Å². The molecule has 120 valence electrons. The van der Waals surface area contributed by atoms with E-state index in [1.807, 2.05) is 6.92 Å². The van der Waals surface area contributed by atoms with Crippen LogP contribution in [0.5, 0.6) is 0 Å². The van der Waals surface area contributed by atoms with Crippen molar-refractivity contribution in [2.24, 2.45) is 0 Å². The number of nitrogens with zero attached hydrogens (tertiary/aromatic N) is 1. The molecule has 0 aliphatic carbocycles. The van der Waals surface area contributed by atoms with E-state index >= 15 is 0 Å². The van der Waals surface area contributed by atoms with Crippen LogP contribution in [0.25, 0.3) is 0 Å². The lowest BCUT2D eigenvalue weighted by Gasteiger charge is -2.22. The zero-order valence-electron chi connectivity index (χ0n) is 12.6. The van der Waals surface area contributed by atoms with Crippen LogP contribution in [0.15, 0.2) is 39.4 Å². The SMILES string of the molecule is CC(c1ccco1)N(C)C(=O)c1ccc(CNS(C)(=O)=O)o1. The molecule has 0 radical (unpaired) electrons. The zero-order chi connectivity index (χ0) is 16.3. The summed E-state index contributed by atoms with van der Waals surface area (Å²) in [4.78, 5) is 13.8. The minimum Gasteiger partial charge on any atom is -0.467 e. The van der Waals surface area contributed by atoms with Crippen LogP contribution in [0.4, 0.5) is 0 Å². The lowest BCUT2D eigenvalue weighted by molar-refractivity contribution is 0.0692. The Kier molecular flexibility index (Phi) is 4.72. The molecule has 22 heavy (non-hydrogen) atoms. The quantitative estimate of drug-likeness (QED) is 0.873. The van der Waals surface area contributed by atoms with Crippen LogP contribution < -0.4 is 4.72 Å². The van der Waals surface area contributed by atoms with Crippen LogP contribution in [-0.2, 0) is 16.6 Å². The molecule has 1 atom stereocenters. The zero-order valence-corrected chi connectivity index (χ0v) is 13.4. The van der Waals surface area contributed by atoms with Crippen LogP contribution in [0.1, 0.15) is 35.0 Å². The van der Waals surface area contributed by atoms with Gasteiger partial charge in [-0.2, -0.15) is 0 Å². The van der Waals surface area contributed by atoms with Crippen molar-refractivity contribution in [3.8, 4) is 0 Å². The minimum absolute atomic E-state index is 0.00354. The molecule has 2 heterocycles. The largest absolute Gasteiger partial charge is 0.467 e. The second kappa shape index (κ2) is 6.37. The monoisotopic (exact) mass is 326 g/mol. The summed E-state index contributed by atoms with van der Waals surface area (Å²) in [5, 5.41) is 0. The number of furan rings is 2. The van der Waals surface area contributed by atoms with Gasteiger partial charge in [-0.1, -0.05) is 0 Å². The number of carbonyl (C=O) groups is 1. The van der Waals surface area contributed by atoms with Crippen LogP contribution in [0.3, 0.4) is 0 Å². The summed E-state index contributed by atoms with van der Waals surface area (Å²) < 4.78 is 35.0. The molecular formula is C14H18N2O5S. The number of rotatable bonds is 6. The summed E-state index contributed by atoms with van der Waals surface area (Å²) >= 11 is 0. The van der Waals surface area contributed by atoms with Gasteiger partial charge in [0.2, 0.25) is 10.0 Å². The Labute approximate surface area is 128 Å². The van der Waals surface area contributed by atoms with E-state index in [0.717, 1.165) is 6.26 Å². The van der Waals surface area contributed by atoms with Crippen LogP contribution >= 0.6 is 0 Å². The summed E-state index contributed by atoms with van der Waals surface area (Å²) in [7, 11) is -1.67. The number of nitrogens with one attached hydrogen (secondary N) is 1. The first kappa shape index (κ1) is 16.3. The maximum absolute atomic E-state index is 12.3. The van der Waals surface area contributed by atoms with Crippen molar-refractivity contribution in [1.82, 2.24) is 9.62 Å². The molecular weight excluding hydrogens is 308 g/mol. The van der Waals surface area contributed by atoms with Crippen molar-refractivity contribution in [2.45, 2.75) is 19.5 Å². The van der Waals surface area contributed by atoms with Crippen molar-refractivity contribution >= 4 is 15.9 Å². The highest BCUT2D eigenvalue weighted by molar-refractivity contribution is 7.88. The molecule has 1 N–H and O–H groups in total. The van der Waals surface area contributed by atoms with Gasteiger partial charge in [-0.3, -0.25) is 4.79 Å². The van der Waals surface area contributed by atoms with Crippen LogP contribution in [-0.4, -0.2) is 32.5 Å². The summed E-state index contributed by atoms with van der Waals surface area (Å²) in [5.74, 6) is 0.870. The molecule has 7 nitrogen and oxygen atoms in total. The molecule has 1 amide bonds. The Hall–Kier alpha value is -2.06. The molecule has 0 aliphatic heterocycles. The number of hydrogen-bond donors (Lipinski definition) is 1. The molecule has 0 saturated heterocycles. The normalized spacial score (nSPS) is 13.0. The fourth-order valence-corrected chi connectivity index (χ4v) is 2.26. The fraction of sp³-hybridized carbons (Fsp3) is 0.357. The molecule has 1 unspecified atom stereocenters. The van der Waals surface area contributed by atoms with E-state index in [2.05, 4.69) is 4.72 Å². The summed E-state index contributed by atoms with van der Waals surface area (Å²) in [6, 6.07) is 6.39. The maximum atomic E-state index is 12.3. The highest BCUT2D eigenvalue weighted by Gasteiger charge is 2.23. The Bertz CT molecular complexity index is 733. The van der Waals surface area contributed by atoms with Gasteiger partial charge in [0, 0.05) is 7.05 Å². The average molecular weight is 326 g/mol. The van der Waals surface area contributed by atoms with Crippen molar-refractivity contribution in [2.75, 3.05) is 13.3 Å². The second-order valence-electron chi connectivity index (χ2n) is 4.97. The molecule has 2 aromatic heterocycles. The van der Waals surface area contributed by atoms with E-state index in [1.165, 1.54) is 11.0 Å². The smallest absolute Gasteiger partial charge is 0.289 e. The number of hydrogen-bond acceptors (Lipinski definition) is 5. The van der Waals surface area contributed by atoms with Crippen molar-refractivity contribution < 1.29 is 22.0 Å². The summed E-state index contributed by atoms with van der Waals surface area (Å²) in [6.07, 6.45) is 2.60. The summed E-state index contributed by atoms with van der Waals surface area (Å²) in [5.41, 5.74) is 0. The first-order chi connectivity index (χ1) is 10.3. The molecule has 0 fully saturated rings. The van der Waals surface area contributed by atoms with E-state index in [-0.39, 0.29) is 24.3 Å². The van der Waals surface area contributed by atoms with E-state index in [4.69, 9.17) is 8.83 Å². The van der Waals surface area contributed by atoms with Gasteiger partial charge in [-0.15, -0.1) is 0 Å². The van der Waals surface area contributed by atoms with Gasteiger partial charge in [0.25, 0.3) is 5.91 Å².